The summed E-state index contributed by atoms with van der Waals surface area (Å²) in [6.07, 6.45) is 0. The molecule has 0 radical (unpaired) electrons. The molecule has 0 aliphatic carbocycles. The zero-order valence-corrected chi connectivity index (χ0v) is 13.9. The molecule has 0 unspecified atom stereocenters. The number of ether oxygens (including phenoxy) is 1. The van der Waals surface area contributed by atoms with Crippen molar-refractivity contribution in [2.24, 2.45) is 5.92 Å². The first-order chi connectivity index (χ1) is 9.66. The number of hydrogen-bond donors (Lipinski definition) is 1. The molecule has 5 nitrogen and oxygen atoms in total. The molecule has 0 saturated heterocycles. The van der Waals surface area contributed by atoms with E-state index in [0.717, 1.165) is 0 Å². The van der Waals surface area contributed by atoms with Gasteiger partial charge in [-0.1, -0.05) is 37.0 Å². The van der Waals surface area contributed by atoms with Crippen LogP contribution < -0.4 is 0 Å². The van der Waals surface area contributed by atoms with Crippen molar-refractivity contribution in [3.05, 3.63) is 27.7 Å². The van der Waals surface area contributed by atoms with Crippen LogP contribution in [0.5, 0.6) is 0 Å². The van der Waals surface area contributed by atoms with Crippen LogP contribution >= 0.6 is 23.2 Å². The summed E-state index contributed by atoms with van der Waals surface area (Å²) in [5.74, 6) is -1.36. The lowest BCUT2D eigenvalue weighted by Gasteiger charge is -2.11. The minimum atomic E-state index is -3.74. The van der Waals surface area contributed by atoms with Gasteiger partial charge >= 0.3 is 5.97 Å². The average Bonchev–Trinajstić information content (AvgIpc) is 2.33. The summed E-state index contributed by atoms with van der Waals surface area (Å²) in [6.45, 7) is 4.36. The Kier molecular flexibility index (Phi) is 6.46. The molecule has 0 heterocycles. The Hall–Kier alpha value is -0.820. The first-order valence-corrected chi connectivity index (χ1v) is 8.59. The predicted octanol–water partition coefficient (Wildman–Crippen LogP) is 3.14. The maximum Gasteiger partial charge on any atom is 0.338 e. The standard InChI is InChI=1S/C13H16Cl2O5S/c1-8(2)7-20-5-6-21(18,19)10-4-3-9(14)11(12(10)15)13(16)17/h3-4,8H,5-7H2,1-2H3,(H,16,17). The number of carboxylic acid groups (broad SMARTS) is 1. The molecule has 0 atom stereocenters. The van der Waals surface area contributed by atoms with Gasteiger partial charge in [-0.15, -0.1) is 0 Å². The van der Waals surface area contributed by atoms with Gasteiger partial charge in [-0.2, -0.15) is 0 Å². The zero-order valence-electron chi connectivity index (χ0n) is 11.6. The second-order valence-electron chi connectivity index (χ2n) is 4.83. The molecule has 0 fully saturated rings. The van der Waals surface area contributed by atoms with Crippen molar-refractivity contribution in [2.45, 2.75) is 18.7 Å². The van der Waals surface area contributed by atoms with Gasteiger partial charge in [0.1, 0.15) is 0 Å². The van der Waals surface area contributed by atoms with Crippen molar-refractivity contribution >= 4 is 39.0 Å². The van der Waals surface area contributed by atoms with E-state index >= 15 is 0 Å². The van der Waals surface area contributed by atoms with Crippen LogP contribution in [-0.2, 0) is 14.6 Å². The number of sulfone groups is 1. The molecule has 1 aromatic carbocycles. The fourth-order valence-electron chi connectivity index (χ4n) is 1.57. The van der Waals surface area contributed by atoms with E-state index in [1.54, 1.807) is 0 Å². The molecule has 1 rings (SSSR count). The number of benzene rings is 1. The fraction of sp³-hybridized carbons (Fsp3) is 0.462. The highest BCUT2D eigenvalue weighted by Crippen LogP contribution is 2.31. The van der Waals surface area contributed by atoms with Crippen LogP contribution in [0.15, 0.2) is 17.0 Å². The molecule has 21 heavy (non-hydrogen) atoms. The van der Waals surface area contributed by atoms with Crippen LogP contribution in [0.1, 0.15) is 24.2 Å². The molecule has 118 valence electrons. The van der Waals surface area contributed by atoms with Crippen molar-refractivity contribution in [3.63, 3.8) is 0 Å². The predicted molar refractivity (Wildman–Crippen MR) is 81.1 cm³/mol. The first-order valence-electron chi connectivity index (χ1n) is 6.18. The largest absolute Gasteiger partial charge is 0.478 e. The van der Waals surface area contributed by atoms with Gasteiger partial charge in [0.2, 0.25) is 0 Å². The number of carbonyl (C=O) groups is 1. The van der Waals surface area contributed by atoms with Crippen LogP contribution in [0.4, 0.5) is 0 Å². The van der Waals surface area contributed by atoms with Crippen molar-refractivity contribution in [1.82, 2.24) is 0 Å². The van der Waals surface area contributed by atoms with E-state index in [1.807, 2.05) is 13.8 Å². The molecular formula is C13H16Cl2O5S. The van der Waals surface area contributed by atoms with Gasteiger partial charge in [-0.3, -0.25) is 0 Å². The third-order valence-electron chi connectivity index (χ3n) is 2.55. The highest BCUT2D eigenvalue weighted by atomic mass is 35.5. The average molecular weight is 355 g/mol. The van der Waals surface area contributed by atoms with Crippen molar-refractivity contribution < 1.29 is 23.1 Å². The van der Waals surface area contributed by atoms with Gasteiger partial charge in [0.25, 0.3) is 0 Å². The Balaban J connectivity index is 2.99. The normalized spacial score (nSPS) is 11.9. The summed E-state index contributed by atoms with van der Waals surface area (Å²) in [5, 5.41) is 8.54. The second-order valence-corrected chi connectivity index (χ2v) is 7.69. The minimum Gasteiger partial charge on any atom is -0.478 e. The molecule has 0 aliphatic heterocycles. The van der Waals surface area contributed by atoms with E-state index in [4.69, 9.17) is 33.0 Å². The minimum absolute atomic E-state index is 0.0157. The van der Waals surface area contributed by atoms with Gasteiger partial charge in [0.05, 0.1) is 32.9 Å². The molecule has 0 spiro atoms. The van der Waals surface area contributed by atoms with E-state index in [1.165, 1.54) is 12.1 Å². The SMILES string of the molecule is CC(C)COCCS(=O)(=O)c1ccc(Cl)c(C(=O)O)c1Cl. The topological polar surface area (TPSA) is 80.7 Å². The maximum absolute atomic E-state index is 12.2. The highest BCUT2D eigenvalue weighted by molar-refractivity contribution is 7.91. The Morgan fingerprint density at radius 3 is 2.48 bits per heavy atom. The molecule has 0 saturated carbocycles. The second kappa shape index (κ2) is 7.45. The lowest BCUT2D eigenvalue weighted by atomic mass is 10.2. The van der Waals surface area contributed by atoms with Crippen LogP contribution in [-0.4, -0.2) is 38.5 Å². The van der Waals surface area contributed by atoms with Gasteiger partial charge in [-0.05, 0) is 18.1 Å². The quantitative estimate of drug-likeness (QED) is 0.760. The maximum atomic E-state index is 12.2. The van der Waals surface area contributed by atoms with E-state index in [-0.39, 0.29) is 27.3 Å². The van der Waals surface area contributed by atoms with Crippen LogP contribution in [0.3, 0.4) is 0 Å². The molecule has 0 amide bonds. The Bertz CT molecular complexity index is 626. The molecule has 1 N–H and O–H groups in total. The van der Waals surface area contributed by atoms with E-state index < -0.39 is 21.4 Å². The van der Waals surface area contributed by atoms with E-state index in [0.29, 0.717) is 12.5 Å². The molecule has 8 heteroatoms. The third-order valence-corrected chi connectivity index (χ3v) is 5.09. The van der Waals surface area contributed by atoms with Gasteiger partial charge in [0, 0.05) is 6.61 Å². The van der Waals surface area contributed by atoms with E-state index in [2.05, 4.69) is 0 Å². The number of carboxylic acids is 1. The molecule has 0 aromatic heterocycles. The van der Waals surface area contributed by atoms with Crippen LogP contribution in [0.25, 0.3) is 0 Å². The molecular weight excluding hydrogens is 339 g/mol. The van der Waals surface area contributed by atoms with Crippen molar-refractivity contribution in [3.8, 4) is 0 Å². The summed E-state index contributed by atoms with van der Waals surface area (Å²) in [4.78, 5) is 10.8. The van der Waals surface area contributed by atoms with Crippen LogP contribution in [0.2, 0.25) is 10.0 Å². The number of halogens is 2. The first kappa shape index (κ1) is 18.2. The Morgan fingerprint density at radius 1 is 1.33 bits per heavy atom. The molecule has 1 aromatic rings. The lowest BCUT2D eigenvalue weighted by molar-refractivity contribution is 0.0697. The highest BCUT2D eigenvalue weighted by Gasteiger charge is 2.24. The van der Waals surface area contributed by atoms with Crippen molar-refractivity contribution in [1.29, 1.82) is 0 Å². The Labute approximate surface area is 133 Å². The monoisotopic (exact) mass is 354 g/mol. The van der Waals surface area contributed by atoms with Gasteiger partial charge in [0.15, 0.2) is 9.84 Å². The number of hydrogen-bond acceptors (Lipinski definition) is 4. The molecule has 0 aliphatic rings. The summed E-state index contributed by atoms with van der Waals surface area (Å²) in [6, 6.07) is 2.41. The third kappa shape index (κ3) is 4.85. The summed E-state index contributed by atoms with van der Waals surface area (Å²) in [7, 11) is -3.74. The summed E-state index contributed by atoms with van der Waals surface area (Å²) < 4.78 is 29.6. The van der Waals surface area contributed by atoms with Crippen molar-refractivity contribution in [2.75, 3.05) is 19.0 Å². The lowest BCUT2D eigenvalue weighted by Crippen LogP contribution is -2.16. The zero-order chi connectivity index (χ0) is 16.2. The van der Waals surface area contributed by atoms with E-state index in [9.17, 15) is 13.2 Å². The summed E-state index contributed by atoms with van der Waals surface area (Å²) in [5.41, 5.74) is -0.414. The Morgan fingerprint density at radius 2 is 1.95 bits per heavy atom. The number of rotatable bonds is 7. The number of aromatic carboxylic acids is 1. The summed E-state index contributed by atoms with van der Waals surface area (Å²) >= 11 is 11.6. The van der Waals surface area contributed by atoms with Gasteiger partial charge in [-0.25, -0.2) is 13.2 Å². The van der Waals surface area contributed by atoms with Crippen LogP contribution in [0, 0.1) is 5.92 Å². The molecule has 0 bridgehead atoms. The fourth-order valence-corrected chi connectivity index (χ4v) is 3.66. The smallest absolute Gasteiger partial charge is 0.338 e. The van der Waals surface area contributed by atoms with Gasteiger partial charge < -0.3 is 9.84 Å².